The lowest BCUT2D eigenvalue weighted by Crippen LogP contribution is -2.19. The molecule has 0 bridgehead atoms. The molecule has 2 N–H and O–H groups in total. The second-order valence-electron chi connectivity index (χ2n) is 6.22. The van der Waals surface area contributed by atoms with Crippen LogP contribution in [0, 0.1) is 20.2 Å². The van der Waals surface area contributed by atoms with Crippen LogP contribution in [0.25, 0.3) is 0 Å². The lowest BCUT2D eigenvalue weighted by molar-refractivity contribution is -0.389. The Labute approximate surface area is 147 Å². The maximum Gasteiger partial charge on any atom is 0.333 e. The summed E-state index contributed by atoms with van der Waals surface area (Å²) in [6.45, 7) is 6.18. The van der Waals surface area contributed by atoms with Gasteiger partial charge in [0.1, 0.15) is 6.07 Å². The number of nitrogens with zero attached hydrogens (tertiary/aromatic N) is 2. The van der Waals surface area contributed by atoms with Crippen LogP contribution in [-0.4, -0.2) is 15.9 Å². The van der Waals surface area contributed by atoms with Gasteiger partial charge in [-0.25, -0.2) is 4.79 Å². The topological polar surface area (TPSA) is 127 Å². The summed E-state index contributed by atoms with van der Waals surface area (Å²) in [5, 5.41) is 25.9. The smallest absolute Gasteiger partial charge is 0.308 e. The fraction of sp³-hybridized carbons (Fsp3) is 0.267. The molecule has 0 aliphatic rings. The summed E-state index contributed by atoms with van der Waals surface area (Å²) in [4.78, 5) is 32.2. The summed E-state index contributed by atoms with van der Waals surface area (Å²) in [5.41, 5.74) is 1.04. The molecule has 0 radical (unpaired) electrons. The van der Waals surface area contributed by atoms with Crippen LogP contribution in [-0.2, 0) is 5.41 Å². The Kier molecular flexibility index (Phi) is 5.02. The van der Waals surface area contributed by atoms with E-state index in [9.17, 15) is 25.0 Å². The molecule has 2 amide bonds. The highest BCUT2D eigenvalue weighted by atomic mass is 32.1. The predicted octanol–water partition coefficient (Wildman–Crippen LogP) is 4.51. The minimum absolute atomic E-state index is 0.0305. The van der Waals surface area contributed by atoms with E-state index in [0.717, 1.165) is 11.6 Å². The third-order valence-electron chi connectivity index (χ3n) is 3.31. The van der Waals surface area contributed by atoms with E-state index in [0.29, 0.717) is 17.0 Å². The van der Waals surface area contributed by atoms with Gasteiger partial charge in [-0.15, -0.1) is 0 Å². The van der Waals surface area contributed by atoms with E-state index in [-0.39, 0.29) is 10.4 Å². The first kappa shape index (κ1) is 18.3. The van der Waals surface area contributed by atoms with Crippen molar-refractivity contribution in [3.05, 3.63) is 56.1 Å². The van der Waals surface area contributed by atoms with Gasteiger partial charge < -0.3 is 5.32 Å². The monoisotopic (exact) mass is 364 g/mol. The Balaban J connectivity index is 2.12. The van der Waals surface area contributed by atoms with Crippen molar-refractivity contribution in [2.75, 3.05) is 10.6 Å². The summed E-state index contributed by atoms with van der Waals surface area (Å²) in [5.74, 6) is 0. The van der Waals surface area contributed by atoms with E-state index in [1.54, 1.807) is 12.1 Å². The van der Waals surface area contributed by atoms with Crippen molar-refractivity contribution >= 4 is 38.7 Å². The van der Waals surface area contributed by atoms with Crippen LogP contribution in [0.3, 0.4) is 0 Å². The molecular weight excluding hydrogens is 348 g/mol. The molecule has 25 heavy (non-hydrogen) atoms. The molecule has 2 rings (SSSR count). The van der Waals surface area contributed by atoms with E-state index in [4.69, 9.17) is 0 Å². The van der Waals surface area contributed by atoms with Gasteiger partial charge in [-0.05, 0) is 34.4 Å². The van der Waals surface area contributed by atoms with Gasteiger partial charge in [0.25, 0.3) is 0 Å². The van der Waals surface area contributed by atoms with Crippen molar-refractivity contribution in [2.24, 2.45) is 0 Å². The van der Waals surface area contributed by atoms with Gasteiger partial charge >= 0.3 is 16.7 Å². The molecule has 0 unspecified atom stereocenters. The molecule has 0 aliphatic carbocycles. The number of anilines is 2. The average Bonchev–Trinajstić information content (AvgIpc) is 2.91. The van der Waals surface area contributed by atoms with Crippen molar-refractivity contribution in [3.63, 3.8) is 0 Å². The van der Waals surface area contributed by atoms with Crippen molar-refractivity contribution in [1.29, 1.82) is 0 Å². The molecule has 9 nitrogen and oxygen atoms in total. The van der Waals surface area contributed by atoms with E-state index in [2.05, 4.69) is 31.4 Å². The lowest BCUT2D eigenvalue weighted by Gasteiger charge is -2.19. The van der Waals surface area contributed by atoms with Gasteiger partial charge in [-0.3, -0.25) is 25.5 Å². The van der Waals surface area contributed by atoms with Crippen LogP contribution >= 0.6 is 11.3 Å². The van der Waals surface area contributed by atoms with Gasteiger partial charge in [0, 0.05) is 5.69 Å². The van der Waals surface area contributed by atoms with E-state index in [1.165, 1.54) is 0 Å². The molecule has 0 aliphatic heterocycles. The number of carbonyl (C=O) groups excluding carboxylic acids is 1. The summed E-state index contributed by atoms with van der Waals surface area (Å²) < 4.78 is 0. The number of amides is 2. The van der Waals surface area contributed by atoms with Crippen LogP contribution in [0.5, 0.6) is 0 Å². The third kappa shape index (κ3) is 4.51. The first-order chi connectivity index (χ1) is 11.6. The highest BCUT2D eigenvalue weighted by Crippen LogP contribution is 2.39. The van der Waals surface area contributed by atoms with E-state index < -0.39 is 26.6 Å². The highest BCUT2D eigenvalue weighted by molar-refractivity contribution is 7.20. The molecule has 2 aromatic rings. The summed E-state index contributed by atoms with van der Waals surface area (Å²) in [7, 11) is 0. The van der Waals surface area contributed by atoms with Crippen LogP contribution in [0.1, 0.15) is 26.3 Å². The van der Waals surface area contributed by atoms with Gasteiger partial charge in [-0.2, -0.15) is 0 Å². The van der Waals surface area contributed by atoms with Crippen molar-refractivity contribution in [3.8, 4) is 0 Å². The number of nitrogens with one attached hydrogen (secondary N) is 2. The molecule has 0 atom stereocenters. The van der Waals surface area contributed by atoms with Crippen LogP contribution < -0.4 is 10.6 Å². The second kappa shape index (κ2) is 6.85. The quantitative estimate of drug-likeness (QED) is 0.609. The maximum atomic E-state index is 12.0. The minimum atomic E-state index is -0.781. The highest BCUT2D eigenvalue weighted by Gasteiger charge is 2.26. The number of rotatable bonds is 4. The van der Waals surface area contributed by atoms with Crippen LogP contribution in [0.2, 0.25) is 0 Å². The summed E-state index contributed by atoms with van der Waals surface area (Å²) in [6, 6.07) is 7.26. The second-order valence-corrected chi connectivity index (χ2v) is 7.25. The van der Waals surface area contributed by atoms with Gasteiger partial charge in [0.05, 0.1) is 9.85 Å². The lowest BCUT2D eigenvalue weighted by atomic mass is 9.87. The van der Waals surface area contributed by atoms with Crippen molar-refractivity contribution in [2.45, 2.75) is 26.2 Å². The van der Waals surface area contributed by atoms with Gasteiger partial charge in [0.15, 0.2) is 5.00 Å². The Hall–Kier alpha value is -3.01. The molecule has 0 saturated carbocycles. The average molecular weight is 364 g/mol. The molecule has 10 heteroatoms. The van der Waals surface area contributed by atoms with Gasteiger partial charge in [0.2, 0.25) is 0 Å². The number of nitro groups is 2. The minimum Gasteiger partial charge on any atom is -0.308 e. The zero-order valence-electron chi connectivity index (χ0n) is 13.7. The van der Waals surface area contributed by atoms with E-state index in [1.807, 2.05) is 12.1 Å². The first-order valence-corrected chi connectivity index (χ1v) is 8.01. The Morgan fingerprint density at radius 1 is 1.04 bits per heavy atom. The molecule has 0 fully saturated rings. The Bertz CT molecular complexity index is 823. The van der Waals surface area contributed by atoms with Crippen LogP contribution in [0.4, 0.5) is 26.2 Å². The summed E-state index contributed by atoms with van der Waals surface area (Å²) >= 11 is 0.528. The normalized spacial score (nSPS) is 11.0. The number of carbonyl (C=O) groups is 1. The number of thiophene rings is 1. The molecule has 1 aromatic carbocycles. The van der Waals surface area contributed by atoms with E-state index >= 15 is 0 Å². The first-order valence-electron chi connectivity index (χ1n) is 7.19. The Morgan fingerprint density at radius 2 is 1.64 bits per heavy atom. The van der Waals surface area contributed by atoms with Gasteiger partial charge in [-0.1, -0.05) is 32.9 Å². The maximum absolute atomic E-state index is 12.0. The molecule has 0 spiro atoms. The number of hydrogen-bond donors (Lipinski definition) is 2. The Morgan fingerprint density at radius 3 is 2.12 bits per heavy atom. The summed E-state index contributed by atoms with van der Waals surface area (Å²) in [6.07, 6.45) is 0. The standard InChI is InChI=1S/C15H16N4O5S/c1-15(2,3)9-4-6-10(7-5-9)16-14(20)17-13-11(18(21)22)8-12(25-13)19(23)24/h4-8H,1-3H3,(H2,16,17,20). The zero-order valence-corrected chi connectivity index (χ0v) is 14.5. The molecular formula is C15H16N4O5S. The molecule has 1 aromatic heterocycles. The fourth-order valence-corrected chi connectivity index (χ4v) is 2.84. The number of urea groups is 1. The van der Waals surface area contributed by atoms with Crippen LogP contribution in [0.15, 0.2) is 30.3 Å². The SMILES string of the molecule is CC(C)(C)c1ccc(NC(=O)Nc2sc([N+](=O)[O-])cc2[N+](=O)[O-])cc1. The molecule has 132 valence electrons. The largest absolute Gasteiger partial charge is 0.333 e. The molecule has 1 heterocycles. The predicted molar refractivity (Wildman–Crippen MR) is 95.4 cm³/mol. The van der Waals surface area contributed by atoms with Crippen molar-refractivity contribution in [1.82, 2.24) is 0 Å². The number of hydrogen-bond acceptors (Lipinski definition) is 6. The number of benzene rings is 1. The third-order valence-corrected chi connectivity index (χ3v) is 4.30. The zero-order chi connectivity index (χ0) is 18.8. The van der Waals surface area contributed by atoms with Crippen molar-refractivity contribution < 1.29 is 14.6 Å². The fourth-order valence-electron chi connectivity index (χ4n) is 2.00. The molecule has 0 saturated heterocycles.